The normalized spacial score (nSPS) is 9.87. The zero-order chi connectivity index (χ0) is 16.1. The van der Waals surface area contributed by atoms with Crippen LogP contribution in [-0.4, -0.2) is 10.5 Å². The quantitative estimate of drug-likeness (QED) is 0.780. The molecule has 3 aromatic rings. The van der Waals surface area contributed by atoms with Crippen molar-refractivity contribution in [3.63, 3.8) is 0 Å². The molecule has 1 heterocycles. The van der Waals surface area contributed by atoms with E-state index in [2.05, 4.69) is 15.8 Å². The number of aromatic nitrogens is 1. The second-order valence-corrected chi connectivity index (χ2v) is 5.31. The van der Waals surface area contributed by atoms with Crippen LogP contribution in [0.5, 0.6) is 5.75 Å². The van der Waals surface area contributed by atoms with Crippen molar-refractivity contribution >= 4 is 23.4 Å². The minimum Gasteiger partial charge on any atom is -0.410 e. The van der Waals surface area contributed by atoms with Crippen LogP contribution in [0.3, 0.4) is 0 Å². The highest BCUT2D eigenvalue weighted by Crippen LogP contribution is 2.32. The number of hydrogen-bond donors (Lipinski definition) is 1. The number of carbonyl (C=O) groups is 1. The average Bonchev–Trinajstić information content (AvgIpc) is 2.99. The minimum absolute atomic E-state index is 0.206. The largest absolute Gasteiger partial charge is 0.418 e. The first-order valence-electron chi connectivity index (χ1n) is 6.77. The molecule has 0 aliphatic rings. The molecular weight excluding hydrogens is 310 g/mol. The van der Waals surface area contributed by atoms with Crippen LogP contribution in [0.25, 0.3) is 10.4 Å². The lowest BCUT2D eigenvalue weighted by atomic mass is 10.1. The molecule has 0 saturated heterocycles. The molecule has 3 rings (SSSR count). The van der Waals surface area contributed by atoms with E-state index in [4.69, 9.17) is 4.74 Å². The fraction of sp³-hybridized carbons (Fsp3) is 0. The van der Waals surface area contributed by atoms with Gasteiger partial charge in [-0.2, -0.15) is 9.64 Å². The Morgan fingerprint density at radius 2 is 1.74 bits per heavy atom. The summed E-state index contributed by atoms with van der Waals surface area (Å²) in [4.78, 5) is 12.6. The van der Waals surface area contributed by atoms with Crippen molar-refractivity contribution in [2.75, 3.05) is 5.32 Å². The summed E-state index contributed by atoms with van der Waals surface area (Å²) in [7, 11) is 0. The Morgan fingerprint density at radius 1 is 1.09 bits per heavy atom. The summed E-state index contributed by atoms with van der Waals surface area (Å²) in [6, 6.07) is 20.2. The first kappa shape index (κ1) is 14.8. The van der Waals surface area contributed by atoms with Gasteiger partial charge in [0.2, 0.25) is 0 Å². The van der Waals surface area contributed by atoms with Gasteiger partial charge in [-0.3, -0.25) is 5.32 Å². The van der Waals surface area contributed by atoms with Crippen LogP contribution in [0.2, 0.25) is 0 Å². The van der Waals surface area contributed by atoms with Crippen LogP contribution in [0.4, 0.5) is 10.6 Å². The average molecular weight is 321 g/mol. The van der Waals surface area contributed by atoms with Gasteiger partial charge in [0.25, 0.3) is 0 Å². The third-order valence-corrected chi connectivity index (χ3v) is 3.91. The molecule has 0 fully saturated rings. The SMILES string of the molecule is N#Cc1c(NC(=O)Oc2ccccc2)nsc1-c1ccccc1. The Morgan fingerprint density at radius 3 is 2.39 bits per heavy atom. The summed E-state index contributed by atoms with van der Waals surface area (Å²) in [5.74, 6) is 0.624. The first-order chi connectivity index (χ1) is 11.3. The number of rotatable bonds is 3. The summed E-state index contributed by atoms with van der Waals surface area (Å²) in [6.07, 6.45) is -0.683. The van der Waals surface area contributed by atoms with E-state index in [0.29, 0.717) is 16.2 Å². The molecule has 0 unspecified atom stereocenters. The van der Waals surface area contributed by atoms with Crippen molar-refractivity contribution < 1.29 is 9.53 Å². The van der Waals surface area contributed by atoms with Crippen molar-refractivity contribution in [3.05, 3.63) is 66.2 Å². The number of amides is 1. The molecule has 0 saturated carbocycles. The van der Waals surface area contributed by atoms with E-state index < -0.39 is 6.09 Å². The summed E-state index contributed by atoms with van der Waals surface area (Å²) >= 11 is 1.16. The third-order valence-electron chi connectivity index (χ3n) is 3.01. The molecule has 0 bridgehead atoms. The lowest BCUT2D eigenvalue weighted by Gasteiger charge is -2.04. The molecule has 23 heavy (non-hydrogen) atoms. The van der Waals surface area contributed by atoms with Crippen LogP contribution in [-0.2, 0) is 0 Å². The standard InChI is InChI=1S/C17H11N3O2S/c18-11-14-15(12-7-3-1-4-8-12)23-20-16(14)19-17(21)22-13-9-5-2-6-10-13/h1-10H,(H,19,20,21). The maximum atomic E-state index is 11.9. The van der Waals surface area contributed by atoms with Crippen molar-refractivity contribution in [1.82, 2.24) is 4.37 Å². The first-order valence-corrected chi connectivity index (χ1v) is 7.54. The summed E-state index contributed by atoms with van der Waals surface area (Å²) < 4.78 is 9.29. The third kappa shape index (κ3) is 3.36. The van der Waals surface area contributed by atoms with Crippen molar-refractivity contribution in [1.29, 1.82) is 5.26 Å². The van der Waals surface area contributed by atoms with Crippen LogP contribution in [0.1, 0.15) is 5.56 Å². The maximum absolute atomic E-state index is 11.9. The summed E-state index contributed by atoms with van der Waals surface area (Å²) in [5.41, 5.74) is 1.21. The van der Waals surface area contributed by atoms with E-state index in [1.54, 1.807) is 24.3 Å². The Balaban J connectivity index is 1.80. The van der Waals surface area contributed by atoms with Gasteiger partial charge >= 0.3 is 6.09 Å². The molecule has 1 N–H and O–H groups in total. The highest BCUT2D eigenvalue weighted by molar-refractivity contribution is 7.10. The molecule has 0 radical (unpaired) electrons. The molecule has 0 atom stereocenters. The van der Waals surface area contributed by atoms with Gasteiger partial charge in [-0.1, -0.05) is 48.5 Å². The molecule has 0 aliphatic heterocycles. The fourth-order valence-corrected chi connectivity index (χ4v) is 2.78. The van der Waals surface area contributed by atoms with E-state index in [1.807, 2.05) is 36.4 Å². The molecule has 6 heteroatoms. The van der Waals surface area contributed by atoms with Crippen molar-refractivity contribution in [2.45, 2.75) is 0 Å². The Bertz CT molecular complexity index is 855. The number of nitrogens with one attached hydrogen (secondary N) is 1. The molecule has 1 aromatic heterocycles. The van der Waals surface area contributed by atoms with Gasteiger partial charge in [-0.25, -0.2) is 4.79 Å². The topological polar surface area (TPSA) is 75.0 Å². The van der Waals surface area contributed by atoms with Crippen LogP contribution < -0.4 is 10.1 Å². The molecule has 1 amide bonds. The van der Waals surface area contributed by atoms with Gasteiger partial charge in [-0.05, 0) is 29.2 Å². The molecule has 5 nitrogen and oxygen atoms in total. The lowest BCUT2D eigenvalue weighted by Crippen LogP contribution is -2.17. The number of anilines is 1. The molecular formula is C17H11N3O2S. The predicted molar refractivity (Wildman–Crippen MR) is 88.4 cm³/mol. The van der Waals surface area contributed by atoms with Crippen LogP contribution in [0, 0.1) is 11.3 Å². The molecule has 2 aromatic carbocycles. The van der Waals surface area contributed by atoms with Crippen molar-refractivity contribution in [3.8, 4) is 22.3 Å². The molecule has 0 aliphatic carbocycles. The highest BCUT2D eigenvalue weighted by Gasteiger charge is 2.17. The smallest absolute Gasteiger partial charge is 0.410 e. The predicted octanol–water partition coefficient (Wildman–Crippen LogP) is 4.29. The Labute approximate surface area is 136 Å². The number of nitriles is 1. The lowest BCUT2D eigenvalue weighted by molar-refractivity contribution is 0.215. The van der Waals surface area contributed by atoms with Gasteiger partial charge in [0.1, 0.15) is 17.4 Å². The zero-order valence-corrected chi connectivity index (χ0v) is 12.7. The monoisotopic (exact) mass is 321 g/mol. The second kappa shape index (κ2) is 6.73. The van der Waals surface area contributed by atoms with E-state index >= 15 is 0 Å². The number of nitrogens with zero attached hydrogens (tertiary/aromatic N) is 2. The zero-order valence-electron chi connectivity index (χ0n) is 11.9. The number of ether oxygens (including phenoxy) is 1. The minimum atomic E-state index is -0.683. The van der Waals surface area contributed by atoms with E-state index in [9.17, 15) is 10.1 Å². The second-order valence-electron chi connectivity index (χ2n) is 4.54. The molecule has 0 spiro atoms. The Kier molecular flexibility index (Phi) is 4.32. The van der Waals surface area contributed by atoms with E-state index in [1.165, 1.54) is 0 Å². The van der Waals surface area contributed by atoms with Crippen LogP contribution >= 0.6 is 11.5 Å². The van der Waals surface area contributed by atoms with Gasteiger partial charge < -0.3 is 4.74 Å². The number of benzene rings is 2. The van der Waals surface area contributed by atoms with Crippen LogP contribution in [0.15, 0.2) is 60.7 Å². The fourth-order valence-electron chi connectivity index (χ4n) is 1.98. The van der Waals surface area contributed by atoms with E-state index in [-0.39, 0.29) is 5.82 Å². The van der Waals surface area contributed by atoms with Crippen molar-refractivity contribution in [2.24, 2.45) is 0 Å². The number of hydrogen-bond acceptors (Lipinski definition) is 5. The summed E-state index contributed by atoms with van der Waals surface area (Å²) in [6.45, 7) is 0. The van der Waals surface area contributed by atoms with Gasteiger partial charge in [0, 0.05) is 0 Å². The highest BCUT2D eigenvalue weighted by atomic mass is 32.1. The van der Waals surface area contributed by atoms with Gasteiger partial charge in [0.15, 0.2) is 5.82 Å². The summed E-state index contributed by atoms with van der Waals surface area (Å²) in [5, 5.41) is 11.9. The number of carbonyl (C=O) groups excluding carboxylic acids is 1. The maximum Gasteiger partial charge on any atom is 0.418 e. The Hall–Kier alpha value is -3.17. The number of para-hydroxylation sites is 1. The van der Waals surface area contributed by atoms with E-state index in [0.717, 1.165) is 17.1 Å². The van der Waals surface area contributed by atoms with Gasteiger partial charge in [0.05, 0.1) is 4.88 Å². The van der Waals surface area contributed by atoms with Gasteiger partial charge in [-0.15, -0.1) is 0 Å². The molecule has 112 valence electrons.